The standard InChI is InChI=1S/C24H18ClF4N3O/c1-15-10-20(6-7-21(15)22(30)8-9-24(27,28)29)32(14-16-2-4-18(25)5-3-16)23(33)17-11-19(26)13-31-12-17/h2-13,30H,14H2,1H3/b9-8+,30-22?. The van der Waals surface area contributed by atoms with E-state index in [-0.39, 0.29) is 29.5 Å². The van der Waals surface area contributed by atoms with Gasteiger partial charge in [-0.1, -0.05) is 29.8 Å². The minimum Gasteiger partial charge on any atom is -0.304 e. The van der Waals surface area contributed by atoms with Crippen molar-refractivity contribution in [2.45, 2.75) is 19.6 Å². The van der Waals surface area contributed by atoms with Crippen molar-refractivity contribution in [3.8, 4) is 0 Å². The molecule has 0 atom stereocenters. The number of nitrogens with one attached hydrogen (secondary N) is 1. The Morgan fingerprint density at radius 3 is 2.42 bits per heavy atom. The number of halogens is 5. The van der Waals surface area contributed by atoms with Gasteiger partial charge in [-0.3, -0.25) is 9.78 Å². The molecule has 0 radical (unpaired) electrons. The highest BCUT2D eigenvalue weighted by Gasteiger charge is 2.23. The van der Waals surface area contributed by atoms with Crippen LogP contribution in [0.25, 0.3) is 0 Å². The maximum Gasteiger partial charge on any atom is 0.409 e. The van der Waals surface area contributed by atoms with Crippen molar-refractivity contribution in [1.82, 2.24) is 4.98 Å². The van der Waals surface area contributed by atoms with E-state index < -0.39 is 17.9 Å². The zero-order chi connectivity index (χ0) is 24.2. The van der Waals surface area contributed by atoms with E-state index >= 15 is 0 Å². The summed E-state index contributed by atoms with van der Waals surface area (Å²) in [7, 11) is 0. The number of aryl methyl sites for hydroxylation is 1. The molecule has 1 aromatic heterocycles. The highest BCUT2D eigenvalue weighted by atomic mass is 35.5. The van der Waals surface area contributed by atoms with Crippen LogP contribution in [0.3, 0.4) is 0 Å². The van der Waals surface area contributed by atoms with Crippen LogP contribution >= 0.6 is 11.6 Å². The summed E-state index contributed by atoms with van der Waals surface area (Å²) < 4.78 is 51.0. The number of amides is 1. The number of anilines is 1. The molecule has 0 aliphatic carbocycles. The quantitative estimate of drug-likeness (QED) is 0.326. The van der Waals surface area contributed by atoms with Gasteiger partial charge in [0.05, 0.1) is 24.0 Å². The molecule has 0 spiro atoms. The number of pyridine rings is 1. The molecule has 3 aromatic rings. The summed E-state index contributed by atoms with van der Waals surface area (Å²) in [5.41, 5.74) is 1.67. The van der Waals surface area contributed by atoms with Gasteiger partial charge in [-0.05, 0) is 54.5 Å². The van der Waals surface area contributed by atoms with E-state index in [2.05, 4.69) is 4.98 Å². The van der Waals surface area contributed by atoms with Crippen LogP contribution in [0, 0.1) is 18.2 Å². The maximum atomic E-state index is 13.7. The molecule has 1 heterocycles. The van der Waals surface area contributed by atoms with Gasteiger partial charge in [0.15, 0.2) is 0 Å². The van der Waals surface area contributed by atoms with Crippen LogP contribution in [0.2, 0.25) is 5.02 Å². The molecule has 0 fully saturated rings. The Balaban J connectivity index is 1.98. The Bertz CT molecular complexity index is 1210. The fraction of sp³-hybridized carbons (Fsp3) is 0.125. The minimum absolute atomic E-state index is 0.00397. The Morgan fingerprint density at radius 2 is 1.82 bits per heavy atom. The Kier molecular flexibility index (Phi) is 7.28. The summed E-state index contributed by atoms with van der Waals surface area (Å²) in [5.74, 6) is -1.18. The molecule has 3 rings (SSSR count). The van der Waals surface area contributed by atoms with Crippen LogP contribution < -0.4 is 4.90 Å². The fourth-order valence-corrected chi connectivity index (χ4v) is 3.25. The lowest BCUT2D eigenvalue weighted by Crippen LogP contribution is -2.30. The van der Waals surface area contributed by atoms with Gasteiger partial charge >= 0.3 is 6.18 Å². The summed E-state index contributed by atoms with van der Waals surface area (Å²) in [6.07, 6.45) is -1.62. The smallest absolute Gasteiger partial charge is 0.304 e. The van der Waals surface area contributed by atoms with Crippen molar-refractivity contribution in [2.24, 2.45) is 0 Å². The number of hydrogen-bond acceptors (Lipinski definition) is 3. The molecule has 33 heavy (non-hydrogen) atoms. The first-order valence-electron chi connectivity index (χ1n) is 9.66. The van der Waals surface area contributed by atoms with Gasteiger partial charge in [0.1, 0.15) is 5.82 Å². The Morgan fingerprint density at radius 1 is 1.12 bits per heavy atom. The molecule has 9 heteroatoms. The maximum absolute atomic E-state index is 13.7. The zero-order valence-electron chi connectivity index (χ0n) is 17.3. The van der Waals surface area contributed by atoms with Crippen LogP contribution in [0.1, 0.15) is 27.0 Å². The zero-order valence-corrected chi connectivity index (χ0v) is 18.1. The second-order valence-corrected chi connectivity index (χ2v) is 7.63. The molecule has 0 bridgehead atoms. The number of aromatic nitrogens is 1. The third-order valence-electron chi connectivity index (χ3n) is 4.70. The van der Waals surface area contributed by atoms with Gasteiger partial charge in [0.25, 0.3) is 5.91 Å². The number of allylic oxidation sites excluding steroid dienone is 2. The first-order valence-corrected chi connectivity index (χ1v) is 10.0. The van der Waals surface area contributed by atoms with E-state index in [1.807, 2.05) is 0 Å². The lowest BCUT2D eigenvalue weighted by molar-refractivity contribution is -0.0797. The number of rotatable bonds is 6. The van der Waals surface area contributed by atoms with Crippen LogP contribution in [0.4, 0.5) is 23.2 Å². The average Bonchev–Trinajstić information content (AvgIpc) is 2.76. The number of hydrogen-bond donors (Lipinski definition) is 1. The van der Waals surface area contributed by atoms with Gasteiger partial charge < -0.3 is 10.3 Å². The van der Waals surface area contributed by atoms with Gasteiger partial charge in [-0.2, -0.15) is 13.2 Å². The predicted octanol–water partition coefficient (Wildman–Crippen LogP) is 6.52. The van der Waals surface area contributed by atoms with Gasteiger partial charge in [0, 0.05) is 28.5 Å². The third kappa shape index (κ3) is 6.49. The molecule has 0 saturated heterocycles. The van der Waals surface area contributed by atoms with Crippen LogP contribution in [0.15, 0.2) is 73.1 Å². The highest BCUT2D eigenvalue weighted by molar-refractivity contribution is 6.30. The van der Waals surface area contributed by atoms with Crippen LogP contribution in [0.5, 0.6) is 0 Å². The van der Waals surface area contributed by atoms with E-state index in [0.717, 1.165) is 17.8 Å². The molecule has 0 saturated carbocycles. The van der Waals surface area contributed by atoms with Crippen molar-refractivity contribution in [3.63, 3.8) is 0 Å². The number of alkyl halides is 3. The SMILES string of the molecule is Cc1cc(N(Cc2ccc(Cl)cc2)C(=O)c2cncc(F)c2)ccc1C(=N)/C=C/C(F)(F)F. The number of carbonyl (C=O) groups excluding carboxylic acids is 1. The molecular weight excluding hydrogens is 458 g/mol. The summed E-state index contributed by atoms with van der Waals surface area (Å²) in [4.78, 5) is 18.3. The van der Waals surface area contributed by atoms with E-state index in [4.69, 9.17) is 17.0 Å². The van der Waals surface area contributed by atoms with E-state index in [9.17, 15) is 22.4 Å². The molecule has 2 aromatic carbocycles. The number of benzene rings is 2. The summed E-state index contributed by atoms with van der Waals surface area (Å²) in [5, 5.41) is 8.47. The largest absolute Gasteiger partial charge is 0.409 e. The first-order chi connectivity index (χ1) is 15.5. The minimum atomic E-state index is -4.53. The number of carbonyl (C=O) groups is 1. The Labute approximate surface area is 192 Å². The second kappa shape index (κ2) is 9.95. The highest BCUT2D eigenvalue weighted by Crippen LogP contribution is 2.25. The third-order valence-corrected chi connectivity index (χ3v) is 4.95. The molecule has 0 aliphatic rings. The lowest BCUT2D eigenvalue weighted by atomic mass is 10.0. The molecule has 170 valence electrons. The van der Waals surface area contributed by atoms with Crippen molar-refractivity contribution in [1.29, 1.82) is 5.41 Å². The molecule has 1 amide bonds. The fourth-order valence-electron chi connectivity index (χ4n) is 3.12. The van der Waals surface area contributed by atoms with Crippen molar-refractivity contribution < 1.29 is 22.4 Å². The van der Waals surface area contributed by atoms with E-state index in [1.54, 1.807) is 37.3 Å². The monoisotopic (exact) mass is 475 g/mol. The number of nitrogens with zero attached hydrogens (tertiary/aromatic N) is 2. The molecular formula is C24H18ClF4N3O. The second-order valence-electron chi connectivity index (χ2n) is 7.20. The summed E-state index contributed by atoms with van der Waals surface area (Å²) in [6, 6.07) is 12.5. The van der Waals surface area contributed by atoms with Crippen LogP contribution in [-0.2, 0) is 6.54 Å². The molecule has 0 unspecified atom stereocenters. The lowest BCUT2D eigenvalue weighted by Gasteiger charge is -2.24. The molecule has 1 N–H and O–H groups in total. The normalized spacial score (nSPS) is 11.6. The van der Waals surface area contributed by atoms with Crippen LogP contribution in [-0.4, -0.2) is 22.8 Å². The van der Waals surface area contributed by atoms with Gasteiger partial charge in [0.2, 0.25) is 0 Å². The average molecular weight is 476 g/mol. The van der Waals surface area contributed by atoms with E-state index in [0.29, 0.717) is 22.3 Å². The Hall–Kier alpha value is -3.52. The van der Waals surface area contributed by atoms with Gasteiger partial charge in [-0.15, -0.1) is 0 Å². The van der Waals surface area contributed by atoms with Crippen molar-refractivity contribution in [3.05, 3.63) is 106 Å². The van der Waals surface area contributed by atoms with Crippen molar-refractivity contribution in [2.75, 3.05) is 4.90 Å². The topological polar surface area (TPSA) is 57.1 Å². The van der Waals surface area contributed by atoms with Gasteiger partial charge in [-0.25, -0.2) is 4.39 Å². The first kappa shape index (κ1) is 24.1. The predicted molar refractivity (Wildman–Crippen MR) is 119 cm³/mol. The molecule has 4 nitrogen and oxygen atoms in total. The summed E-state index contributed by atoms with van der Waals surface area (Å²) >= 11 is 5.94. The van der Waals surface area contributed by atoms with Crippen molar-refractivity contribution >= 4 is 28.9 Å². The van der Waals surface area contributed by atoms with E-state index in [1.165, 1.54) is 23.2 Å². The summed E-state index contributed by atoms with van der Waals surface area (Å²) in [6.45, 7) is 1.75. The molecule has 0 aliphatic heterocycles.